The van der Waals surface area contributed by atoms with Crippen molar-refractivity contribution in [1.29, 1.82) is 0 Å². The number of esters is 2. The second-order valence-electron chi connectivity index (χ2n) is 7.94. The van der Waals surface area contributed by atoms with E-state index in [1.165, 1.54) is 7.11 Å². The van der Waals surface area contributed by atoms with Gasteiger partial charge in [-0.15, -0.1) is 0 Å². The molecule has 7 heteroatoms. The highest BCUT2D eigenvalue weighted by Crippen LogP contribution is 2.45. The Morgan fingerprint density at radius 2 is 1.84 bits per heavy atom. The lowest BCUT2D eigenvalue weighted by atomic mass is 9.69. The number of dihydropyridines is 1. The van der Waals surface area contributed by atoms with Crippen LogP contribution in [0.5, 0.6) is 5.75 Å². The van der Waals surface area contributed by atoms with Gasteiger partial charge >= 0.3 is 11.9 Å². The molecule has 0 saturated heterocycles. The van der Waals surface area contributed by atoms with E-state index in [1.807, 2.05) is 32.9 Å². The summed E-state index contributed by atoms with van der Waals surface area (Å²) in [5, 5.41) is 3.25. The van der Waals surface area contributed by atoms with Gasteiger partial charge in [0.15, 0.2) is 5.78 Å². The van der Waals surface area contributed by atoms with Gasteiger partial charge in [-0.3, -0.25) is 9.59 Å². The molecule has 0 bridgehead atoms. The molecule has 3 atom stereocenters. The Morgan fingerprint density at radius 1 is 1.16 bits per heavy atom. The van der Waals surface area contributed by atoms with Crippen molar-refractivity contribution in [2.75, 3.05) is 20.8 Å². The average molecular weight is 427 g/mol. The summed E-state index contributed by atoms with van der Waals surface area (Å²) in [5.74, 6) is -2.44. The highest BCUT2D eigenvalue weighted by atomic mass is 16.5. The van der Waals surface area contributed by atoms with Crippen molar-refractivity contribution in [3.8, 4) is 5.75 Å². The Balaban J connectivity index is 2.14. The molecule has 0 amide bonds. The zero-order valence-electron chi connectivity index (χ0n) is 18.6. The number of Topliss-reactive ketones (excluding diaryl/α,β-unsaturated/α-hetero) is 1. The SMILES string of the molecule is CCCOC(=O)C1=C(C)NC2=C(C(=O)[C@@H](C(=O)OC)[C@H](C)C2)[C@H]1c1ccc(OC)cc1. The molecular weight excluding hydrogens is 398 g/mol. The molecule has 2 aliphatic rings. The maximum atomic E-state index is 13.6. The third kappa shape index (κ3) is 4.22. The third-order valence-electron chi connectivity index (χ3n) is 5.85. The molecule has 0 unspecified atom stereocenters. The van der Waals surface area contributed by atoms with Gasteiger partial charge in [0.05, 0.1) is 26.4 Å². The molecule has 31 heavy (non-hydrogen) atoms. The number of nitrogens with one attached hydrogen (secondary N) is 1. The van der Waals surface area contributed by atoms with Gasteiger partial charge in [-0.2, -0.15) is 0 Å². The fourth-order valence-electron chi connectivity index (χ4n) is 4.35. The van der Waals surface area contributed by atoms with Gasteiger partial charge in [-0.25, -0.2) is 4.79 Å². The Morgan fingerprint density at radius 3 is 2.42 bits per heavy atom. The molecular formula is C24H29NO6. The van der Waals surface area contributed by atoms with E-state index in [9.17, 15) is 14.4 Å². The lowest BCUT2D eigenvalue weighted by Gasteiger charge is -2.38. The summed E-state index contributed by atoms with van der Waals surface area (Å²) in [6.45, 7) is 5.87. The minimum atomic E-state index is -0.905. The van der Waals surface area contributed by atoms with Crippen LogP contribution in [0.2, 0.25) is 0 Å². The van der Waals surface area contributed by atoms with Crippen molar-refractivity contribution >= 4 is 17.7 Å². The van der Waals surface area contributed by atoms with E-state index in [1.54, 1.807) is 19.2 Å². The molecule has 1 aliphatic heterocycles. The zero-order valence-corrected chi connectivity index (χ0v) is 18.6. The molecule has 1 aromatic rings. The van der Waals surface area contributed by atoms with Crippen LogP contribution in [-0.4, -0.2) is 38.5 Å². The average Bonchev–Trinajstić information content (AvgIpc) is 2.76. The molecule has 7 nitrogen and oxygen atoms in total. The molecule has 0 radical (unpaired) electrons. The molecule has 3 rings (SSSR count). The van der Waals surface area contributed by atoms with Crippen molar-refractivity contribution in [3.63, 3.8) is 0 Å². The number of benzene rings is 1. The Kier molecular flexibility index (Phi) is 6.83. The van der Waals surface area contributed by atoms with Crippen molar-refractivity contribution in [2.45, 2.75) is 39.5 Å². The fraction of sp³-hybridized carbons (Fsp3) is 0.458. The van der Waals surface area contributed by atoms with E-state index >= 15 is 0 Å². The summed E-state index contributed by atoms with van der Waals surface area (Å²) in [6, 6.07) is 7.24. The molecule has 166 valence electrons. The zero-order chi connectivity index (χ0) is 22.7. The molecule has 0 fully saturated rings. The van der Waals surface area contributed by atoms with Crippen LogP contribution in [0.25, 0.3) is 0 Å². The Hall–Kier alpha value is -3.09. The summed E-state index contributed by atoms with van der Waals surface area (Å²) in [7, 11) is 2.86. The lowest BCUT2D eigenvalue weighted by Crippen LogP contribution is -2.43. The molecule has 1 heterocycles. The van der Waals surface area contributed by atoms with Crippen LogP contribution in [0.4, 0.5) is 0 Å². The second kappa shape index (κ2) is 9.37. The molecule has 0 aromatic heterocycles. The highest BCUT2D eigenvalue weighted by Gasteiger charge is 2.47. The van der Waals surface area contributed by atoms with Crippen LogP contribution in [0.3, 0.4) is 0 Å². The van der Waals surface area contributed by atoms with E-state index in [-0.39, 0.29) is 18.3 Å². The third-order valence-corrected chi connectivity index (χ3v) is 5.85. The Labute approximate surface area is 182 Å². The number of rotatable bonds is 6. The number of allylic oxidation sites excluding steroid dienone is 3. The van der Waals surface area contributed by atoms with Gasteiger partial charge in [0.1, 0.15) is 11.7 Å². The molecule has 1 N–H and O–H groups in total. The van der Waals surface area contributed by atoms with Gasteiger partial charge in [0.25, 0.3) is 0 Å². The van der Waals surface area contributed by atoms with Crippen LogP contribution < -0.4 is 10.1 Å². The van der Waals surface area contributed by atoms with E-state index in [4.69, 9.17) is 14.2 Å². The molecule has 1 aliphatic carbocycles. The van der Waals surface area contributed by atoms with Gasteiger partial charge in [0.2, 0.25) is 0 Å². The van der Waals surface area contributed by atoms with E-state index in [2.05, 4.69) is 5.32 Å². The Bertz CT molecular complexity index is 943. The van der Waals surface area contributed by atoms with Crippen molar-refractivity contribution in [1.82, 2.24) is 5.32 Å². The maximum absolute atomic E-state index is 13.6. The van der Waals surface area contributed by atoms with Gasteiger partial charge in [0, 0.05) is 22.9 Å². The fourth-order valence-corrected chi connectivity index (χ4v) is 4.35. The first-order chi connectivity index (χ1) is 14.8. The van der Waals surface area contributed by atoms with Crippen molar-refractivity contribution in [3.05, 3.63) is 52.4 Å². The quantitative estimate of drug-likeness (QED) is 0.550. The molecule has 0 spiro atoms. The topological polar surface area (TPSA) is 90.9 Å². The van der Waals surface area contributed by atoms with E-state index in [0.717, 1.165) is 11.3 Å². The van der Waals surface area contributed by atoms with Crippen molar-refractivity contribution < 1.29 is 28.6 Å². The summed E-state index contributed by atoms with van der Waals surface area (Å²) in [6.07, 6.45) is 1.19. The highest BCUT2D eigenvalue weighted by molar-refractivity contribution is 6.12. The number of carbonyl (C=O) groups is 3. The summed E-state index contributed by atoms with van der Waals surface area (Å²) in [4.78, 5) is 39.0. The number of hydrogen-bond donors (Lipinski definition) is 1. The first-order valence-electron chi connectivity index (χ1n) is 10.5. The smallest absolute Gasteiger partial charge is 0.336 e. The number of ether oxygens (including phenoxy) is 3. The van der Waals surface area contributed by atoms with Crippen LogP contribution in [0.15, 0.2) is 46.8 Å². The van der Waals surface area contributed by atoms with Crippen LogP contribution in [-0.2, 0) is 23.9 Å². The van der Waals surface area contributed by atoms with Crippen LogP contribution in [0, 0.1) is 11.8 Å². The predicted octanol–water partition coefficient (Wildman–Crippen LogP) is 3.26. The first kappa shape index (κ1) is 22.6. The summed E-state index contributed by atoms with van der Waals surface area (Å²) in [5.41, 5.74) is 2.95. The first-order valence-corrected chi connectivity index (χ1v) is 10.5. The number of methoxy groups -OCH3 is 2. The number of hydrogen-bond acceptors (Lipinski definition) is 7. The summed E-state index contributed by atoms with van der Waals surface area (Å²) < 4.78 is 15.6. The van der Waals surface area contributed by atoms with Crippen LogP contribution in [0.1, 0.15) is 45.1 Å². The molecule has 0 saturated carbocycles. The van der Waals surface area contributed by atoms with Crippen molar-refractivity contribution in [2.24, 2.45) is 11.8 Å². The minimum absolute atomic E-state index is 0.218. The monoisotopic (exact) mass is 427 g/mol. The normalized spacial score (nSPS) is 23.1. The van der Waals surface area contributed by atoms with E-state index < -0.39 is 23.8 Å². The number of ketones is 1. The largest absolute Gasteiger partial charge is 0.497 e. The van der Waals surface area contributed by atoms with Gasteiger partial charge in [-0.1, -0.05) is 26.0 Å². The standard InChI is InChI=1S/C24H29NO6/c1-6-11-31-24(28)19-14(3)25-17-12-13(2)18(23(27)30-5)22(26)21(17)20(19)15-7-9-16(29-4)10-8-15/h7-10,13,18,20,25H,6,11-12H2,1-5H3/t13-,18+,20+/m1/s1. The summed E-state index contributed by atoms with van der Waals surface area (Å²) >= 11 is 0. The van der Waals surface area contributed by atoms with Gasteiger partial charge < -0.3 is 19.5 Å². The van der Waals surface area contributed by atoms with E-state index in [0.29, 0.717) is 35.4 Å². The predicted molar refractivity (Wildman–Crippen MR) is 114 cm³/mol. The maximum Gasteiger partial charge on any atom is 0.336 e. The van der Waals surface area contributed by atoms with Gasteiger partial charge in [-0.05, 0) is 43.4 Å². The minimum Gasteiger partial charge on any atom is -0.497 e. The lowest BCUT2D eigenvalue weighted by molar-refractivity contribution is -0.151. The second-order valence-corrected chi connectivity index (χ2v) is 7.94. The number of carbonyl (C=O) groups excluding carboxylic acids is 3. The molecule has 1 aromatic carbocycles. The van der Waals surface area contributed by atoms with Crippen LogP contribution >= 0.6 is 0 Å².